The van der Waals surface area contributed by atoms with E-state index in [4.69, 9.17) is 9.47 Å². The van der Waals surface area contributed by atoms with Gasteiger partial charge in [-0.1, -0.05) is 30.3 Å². The Hall–Kier alpha value is -2.54. The number of carbonyl (C=O) groups excluding carboxylic acids is 1. The van der Waals surface area contributed by atoms with E-state index in [9.17, 15) is 14.7 Å². The highest BCUT2D eigenvalue weighted by atomic mass is 32.1. The smallest absolute Gasteiger partial charge is 0.308 e. The van der Waals surface area contributed by atoms with E-state index < -0.39 is 11.9 Å². The normalized spacial score (nSPS) is 22.0. The van der Waals surface area contributed by atoms with Gasteiger partial charge in [0, 0.05) is 24.4 Å². The number of hydrogen-bond donors (Lipinski definition) is 1. The molecule has 1 amide bonds. The number of rotatable bonds is 3. The van der Waals surface area contributed by atoms with Crippen LogP contribution in [0.1, 0.15) is 21.2 Å². The van der Waals surface area contributed by atoms with Gasteiger partial charge in [-0.05, 0) is 5.56 Å². The molecule has 0 bridgehead atoms. The van der Waals surface area contributed by atoms with Crippen molar-refractivity contribution in [1.29, 1.82) is 0 Å². The van der Waals surface area contributed by atoms with Crippen LogP contribution in [0.25, 0.3) is 0 Å². The average molecular weight is 359 g/mol. The van der Waals surface area contributed by atoms with Crippen molar-refractivity contribution in [2.24, 2.45) is 5.92 Å². The zero-order chi connectivity index (χ0) is 17.4. The SMILES string of the molecule is O=C(O)[C@@H]1CN(C(=O)c2scc3c2OCCO3)C[C@H]1c1ccccc1. The molecule has 1 N–H and O–H groups in total. The topological polar surface area (TPSA) is 76.1 Å². The Kier molecular flexibility index (Phi) is 4.09. The summed E-state index contributed by atoms with van der Waals surface area (Å²) in [6, 6.07) is 9.50. The van der Waals surface area contributed by atoms with E-state index in [1.165, 1.54) is 11.3 Å². The molecule has 0 saturated carbocycles. The Balaban J connectivity index is 1.60. The summed E-state index contributed by atoms with van der Waals surface area (Å²) in [6.07, 6.45) is 0. The number of hydrogen-bond acceptors (Lipinski definition) is 5. The molecule has 130 valence electrons. The number of benzene rings is 1. The first-order valence-corrected chi connectivity index (χ1v) is 8.97. The Labute approximate surface area is 148 Å². The molecule has 2 aliphatic heterocycles. The van der Waals surface area contributed by atoms with Crippen LogP contribution in [0.4, 0.5) is 0 Å². The maximum Gasteiger partial charge on any atom is 0.308 e. The molecule has 1 saturated heterocycles. The van der Waals surface area contributed by atoms with Crippen LogP contribution in [0.15, 0.2) is 35.7 Å². The average Bonchev–Trinajstić information content (AvgIpc) is 3.27. The molecule has 0 radical (unpaired) electrons. The summed E-state index contributed by atoms with van der Waals surface area (Å²) in [5, 5.41) is 11.4. The summed E-state index contributed by atoms with van der Waals surface area (Å²) in [5.74, 6) is -0.822. The predicted molar refractivity (Wildman–Crippen MR) is 91.5 cm³/mol. The van der Waals surface area contributed by atoms with E-state index in [0.717, 1.165) is 5.56 Å². The number of carboxylic acid groups (broad SMARTS) is 1. The lowest BCUT2D eigenvalue weighted by Crippen LogP contribution is -2.30. The zero-order valence-corrected chi connectivity index (χ0v) is 14.2. The van der Waals surface area contributed by atoms with Crippen LogP contribution in [-0.2, 0) is 4.79 Å². The summed E-state index contributed by atoms with van der Waals surface area (Å²) < 4.78 is 11.1. The van der Waals surface area contributed by atoms with E-state index in [1.807, 2.05) is 30.3 Å². The van der Waals surface area contributed by atoms with Gasteiger partial charge in [0.05, 0.1) is 5.92 Å². The minimum absolute atomic E-state index is 0.193. The van der Waals surface area contributed by atoms with Gasteiger partial charge in [-0.15, -0.1) is 11.3 Å². The molecule has 25 heavy (non-hydrogen) atoms. The summed E-state index contributed by atoms with van der Waals surface area (Å²) in [6.45, 7) is 1.46. The van der Waals surface area contributed by atoms with Gasteiger partial charge in [0.15, 0.2) is 11.5 Å². The van der Waals surface area contributed by atoms with Gasteiger partial charge in [-0.3, -0.25) is 9.59 Å². The Bertz CT molecular complexity index is 803. The van der Waals surface area contributed by atoms with Crippen LogP contribution in [0.2, 0.25) is 0 Å². The summed E-state index contributed by atoms with van der Waals surface area (Å²) in [7, 11) is 0. The number of amides is 1. The maximum atomic E-state index is 12.9. The number of carbonyl (C=O) groups is 2. The molecule has 0 aliphatic carbocycles. The van der Waals surface area contributed by atoms with Crippen LogP contribution in [0, 0.1) is 5.92 Å². The molecule has 1 aromatic carbocycles. The second-order valence-electron chi connectivity index (χ2n) is 6.13. The maximum absolute atomic E-state index is 12.9. The van der Waals surface area contributed by atoms with Crippen LogP contribution in [0.3, 0.4) is 0 Å². The minimum atomic E-state index is -0.878. The molecule has 4 rings (SSSR count). The highest BCUT2D eigenvalue weighted by Gasteiger charge is 2.41. The fourth-order valence-electron chi connectivity index (χ4n) is 3.41. The van der Waals surface area contributed by atoms with Crippen molar-refractivity contribution in [3.63, 3.8) is 0 Å². The second-order valence-corrected chi connectivity index (χ2v) is 7.01. The third-order valence-electron chi connectivity index (χ3n) is 4.65. The first kappa shape index (κ1) is 16.0. The molecule has 1 aromatic heterocycles. The van der Waals surface area contributed by atoms with E-state index >= 15 is 0 Å². The molecular formula is C18H17NO5S. The van der Waals surface area contributed by atoms with Crippen molar-refractivity contribution in [3.05, 3.63) is 46.2 Å². The Morgan fingerprint density at radius 2 is 1.88 bits per heavy atom. The Morgan fingerprint density at radius 1 is 1.12 bits per heavy atom. The van der Waals surface area contributed by atoms with Gasteiger partial charge < -0.3 is 19.5 Å². The van der Waals surface area contributed by atoms with Gasteiger partial charge >= 0.3 is 5.97 Å². The van der Waals surface area contributed by atoms with Crippen LogP contribution in [0.5, 0.6) is 11.5 Å². The van der Waals surface area contributed by atoms with Crippen molar-refractivity contribution >= 4 is 23.2 Å². The molecule has 6 nitrogen and oxygen atoms in total. The van der Waals surface area contributed by atoms with Crippen molar-refractivity contribution in [2.75, 3.05) is 26.3 Å². The standard InChI is InChI=1S/C18H17NO5S/c20-17(16-15-14(10-25-16)23-6-7-24-15)19-8-12(13(9-19)18(21)22)11-4-2-1-3-5-11/h1-5,10,12-13H,6-9H2,(H,21,22)/t12-,13+/m0/s1. The summed E-state index contributed by atoms with van der Waals surface area (Å²) >= 11 is 1.28. The van der Waals surface area contributed by atoms with Crippen molar-refractivity contribution < 1.29 is 24.2 Å². The third-order valence-corrected chi connectivity index (χ3v) is 5.58. The Morgan fingerprint density at radius 3 is 2.64 bits per heavy atom. The summed E-state index contributed by atoms with van der Waals surface area (Å²) in [5.41, 5.74) is 0.943. The number of ether oxygens (including phenoxy) is 2. The van der Waals surface area contributed by atoms with E-state index in [2.05, 4.69) is 0 Å². The molecule has 0 unspecified atom stereocenters. The van der Waals surface area contributed by atoms with Crippen molar-refractivity contribution in [1.82, 2.24) is 4.90 Å². The minimum Gasteiger partial charge on any atom is -0.485 e. The molecule has 2 aromatic rings. The lowest BCUT2D eigenvalue weighted by Gasteiger charge is -2.19. The number of carboxylic acids is 1. The number of aliphatic carboxylic acids is 1. The lowest BCUT2D eigenvalue weighted by molar-refractivity contribution is -0.141. The molecular weight excluding hydrogens is 342 g/mol. The monoisotopic (exact) mass is 359 g/mol. The molecule has 2 atom stereocenters. The molecule has 3 heterocycles. The van der Waals surface area contributed by atoms with Crippen LogP contribution < -0.4 is 9.47 Å². The van der Waals surface area contributed by atoms with Gasteiger partial charge in [-0.25, -0.2) is 0 Å². The molecule has 0 spiro atoms. The van der Waals surface area contributed by atoms with Crippen molar-refractivity contribution in [3.8, 4) is 11.5 Å². The number of likely N-dealkylation sites (tertiary alicyclic amines) is 1. The zero-order valence-electron chi connectivity index (χ0n) is 13.4. The van der Waals surface area contributed by atoms with Crippen LogP contribution >= 0.6 is 11.3 Å². The highest BCUT2D eigenvalue weighted by Crippen LogP contribution is 2.41. The molecule has 1 fully saturated rings. The third kappa shape index (κ3) is 2.84. The summed E-state index contributed by atoms with van der Waals surface area (Å²) in [4.78, 5) is 26.7. The lowest BCUT2D eigenvalue weighted by atomic mass is 9.89. The number of fused-ring (bicyclic) bond motifs is 1. The van der Waals surface area contributed by atoms with E-state index in [1.54, 1.807) is 10.3 Å². The van der Waals surface area contributed by atoms with Gasteiger partial charge in [0.1, 0.15) is 18.1 Å². The van der Waals surface area contributed by atoms with E-state index in [0.29, 0.717) is 36.1 Å². The predicted octanol–water partition coefficient (Wildman–Crippen LogP) is 2.46. The van der Waals surface area contributed by atoms with Gasteiger partial charge in [-0.2, -0.15) is 0 Å². The quantitative estimate of drug-likeness (QED) is 0.911. The number of thiophene rings is 1. The van der Waals surface area contributed by atoms with Crippen molar-refractivity contribution in [2.45, 2.75) is 5.92 Å². The largest absolute Gasteiger partial charge is 0.485 e. The fourth-order valence-corrected chi connectivity index (χ4v) is 4.31. The highest BCUT2D eigenvalue weighted by molar-refractivity contribution is 7.12. The second kappa shape index (κ2) is 6.40. The molecule has 2 aliphatic rings. The van der Waals surface area contributed by atoms with Gasteiger partial charge in [0.25, 0.3) is 5.91 Å². The van der Waals surface area contributed by atoms with E-state index in [-0.39, 0.29) is 18.4 Å². The first-order valence-electron chi connectivity index (χ1n) is 8.09. The molecule has 7 heteroatoms. The van der Waals surface area contributed by atoms with Crippen LogP contribution in [-0.4, -0.2) is 48.2 Å². The van der Waals surface area contributed by atoms with Gasteiger partial charge in [0.2, 0.25) is 0 Å². The fraction of sp³-hybridized carbons (Fsp3) is 0.333. The number of nitrogens with zero attached hydrogens (tertiary/aromatic N) is 1. The first-order chi connectivity index (χ1) is 12.1.